The van der Waals surface area contributed by atoms with E-state index < -0.39 is 5.82 Å². The summed E-state index contributed by atoms with van der Waals surface area (Å²) < 4.78 is 15.3. The van der Waals surface area contributed by atoms with Crippen LogP contribution in [-0.2, 0) is 6.54 Å². The molecule has 0 atom stereocenters. The number of nitrogens with two attached hydrogens (primary N) is 1. The molecule has 104 valence electrons. The molecule has 2 rings (SSSR count). The minimum Gasteiger partial charge on any atom is -0.369 e. The fraction of sp³-hybridized carbons (Fsp3) is 0.500. The van der Waals surface area contributed by atoms with E-state index in [0.29, 0.717) is 17.4 Å². The smallest absolute Gasteiger partial charge is 0.201 e. The molecule has 1 aromatic heterocycles. The number of rotatable bonds is 5. The Morgan fingerprint density at radius 1 is 1.37 bits per heavy atom. The van der Waals surface area contributed by atoms with Gasteiger partial charge in [0.1, 0.15) is 5.82 Å². The van der Waals surface area contributed by atoms with Crippen molar-refractivity contribution in [3.05, 3.63) is 23.0 Å². The molecule has 0 unspecified atom stereocenters. The van der Waals surface area contributed by atoms with Gasteiger partial charge in [0.15, 0.2) is 0 Å². The van der Waals surface area contributed by atoms with Crippen molar-refractivity contribution in [2.45, 2.75) is 39.7 Å². The Hall–Kier alpha value is -1.29. The lowest BCUT2D eigenvalue weighted by atomic mass is 10.1. The van der Waals surface area contributed by atoms with Crippen LogP contribution in [0.2, 0.25) is 5.02 Å². The minimum atomic E-state index is -0.460. The molecule has 2 aromatic rings. The predicted molar refractivity (Wildman–Crippen MR) is 77.8 cm³/mol. The van der Waals surface area contributed by atoms with Crippen molar-refractivity contribution in [3.63, 3.8) is 0 Å². The average molecular weight is 284 g/mol. The molecular weight excluding hydrogens is 265 g/mol. The van der Waals surface area contributed by atoms with Crippen LogP contribution in [0.4, 0.5) is 10.3 Å². The number of fused-ring (bicyclic) bond motifs is 1. The summed E-state index contributed by atoms with van der Waals surface area (Å²) in [4.78, 5) is 4.17. The van der Waals surface area contributed by atoms with Crippen molar-refractivity contribution in [1.82, 2.24) is 9.55 Å². The van der Waals surface area contributed by atoms with Gasteiger partial charge < -0.3 is 10.3 Å². The molecule has 0 saturated heterocycles. The second kappa shape index (κ2) is 5.78. The summed E-state index contributed by atoms with van der Waals surface area (Å²) >= 11 is 5.81. The summed E-state index contributed by atoms with van der Waals surface area (Å²) in [5.74, 6) is 0.667. The number of anilines is 1. The normalized spacial score (nSPS) is 11.6. The van der Waals surface area contributed by atoms with E-state index in [0.717, 1.165) is 24.9 Å². The van der Waals surface area contributed by atoms with E-state index in [1.165, 1.54) is 12.5 Å². The molecule has 1 aromatic carbocycles. The van der Waals surface area contributed by atoms with Gasteiger partial charge in [-0.1, -0.05) is 38.3 Å². The molecule has 0 amide bonds. The summed E-state index contributed by atoms with van der Waals surface area (Å²) in [6, 6.07) is 2.93. The van der Waals surface area contributed by atoms with Crippen molar-refractivity contribution < 1.29 is 4.39 Å². The minimum absolute atomic E-state index is 0.107. The van der Waals surface area contributed by atoms with Crippen molar-refractivity contribution in [2.75, 3.05) is 5.73 Å². The van der Waals surface area contributed by atoms with Gasteiger partial charge in [-0.3, -0.25) is 0 Å². The Morgan fingerprint density at radius 3 is 2.79 bits per heavy atom. The largest absolute Gasteiger partial charge is 0.369 e. The molecule has 0 aliphatic heterocycles. The van der Waals surface area contributed by atoms with Gasteiger partial charge in [-0.15, -0.1) is 0 Å². The number of hydrogen-bond acceptors (Lipinski definition) is 2. The first kappa shape index (κ1) is 14.1. The number of imidazole rings is 1. The Bertz CT molecular complexity index is 578. The predicted octanol–water partition coefficient (Wildman–Crippen LogP) is 4.24. The summed E-state index contributed by atoms with van der Waals surface area (Å²) in [7, 11) is 0. The summed E-state index contributed by atoms with van der Waals surface area (Å²) in [6.45, 7) is 5.21. The third-order valence-electron chi connectivity index (χ3n) is 3.23. The van der Waals surface area contributed by atoms with Gasteiger partial charge in [0.25, 0.3) is 0 Å². The zero-order chi connectivity index (χ0) is 14.0. The van der Waals surface area contributed by atoms with E-state index in [1.807, 2.05) is 4.57 Å². The molecule has 0 radical (unpaired) electrons. The Balaban J connectivity index is 2.18. The van der Waals surface area contributed by atoms with Crippen LogP contribution in [0, 0.1) is 11.7 Å². The van der Waals surface area contributed by atoms with Gasteiger partial charge in [-0.05, 0) is 18.4 Å². The Labute approximate surface area is 117 Å². The molecule has 0 aliphatic carbocycles. The van der Waals surface area contributed by atoms with Gasteiger partial charge in [0.05, 0.1) is 16.1 Å². The number of unbranched alkanes of at least 4 members (excludes halogenated alkanes) is 1. The lowest BCUT2D eigenvalue weighted by Gasteiger charge is -2.08. The van der Waals surface area contributed by atoms with Crippen molar-refractivity contribution in [3.8, 4) is 0 Å². The molecule has 5 heteroatoms. The highest BCUT2D eigenvalue weighted by Crippen LogP contribution is 2.25. The quantitative estimate of drug-likeness (QED) is 0.834. The van der Waals surface area contributed by atoms with Crippen molar-refractivity contribution in [2.24, 2.45) is 5.92 Å². The number of nitrogens with zero attached hydrogens (tertiary/aromatic N) is 2. The van der Waals surface area contributed by atoms with Crippen LogP contribution in [0.5, 0.6) is 0 Å². The monoisotopic (exact) mass is 283 g/mol. The molecule has 0 saturated carbocycles. The molecule has 1 heterocycles. The number of hydrogen-bond donors (Lipinski definition) is 1. The van der Waals surface area contributed by atoms with Crippen LogP contribution in [0.3, 0.4) is 0 Å². The molecule has 0 spiro atoms. The van der Waals surface area contributed by atoms with Crippen LogP contribution < -0.4 is 5.73 Å². The fourth-order valence-corrected chi connectivity index (χ4v) is 2.35. The van der Waals surface area contributed by atoms with E-state index in [-0.39, 0.29) is 5.02 Å². The summed E-state index contributed by atoms with van der Waals surface area (Å²) in [5.41, 5.74) is 7.24. The molecule has 0 bridgehead atoms. The van der Waals surface area contributed by atoms with Gasteiger partial charge in [-0.25, -0.2) is 9.37 Å². The molecule has 19 heavy (non-hydrogen) atoms. The topological polar surface area (TPSA) is 43.8 Å². The summed E-state index contributed by atoms with van der Waals surface area (Å²) in [5, 5.41) is 0.107. The maximum atomic E-state index is 13.4. The maximum absolute atomic E-state index is 13.4. The number of aryl methyl sites for hydroxylation is 1. The lowest BCUT2D eigenvalue weighted by molar-refractivity contribution is 0.514. The highest BCUT2D eigenvalue weighted by molar-refractivity contribution is 6.31. The van der Waals surface area contributed by atoms with E-state index in [9.17, 15) is 4.39 Å². The van der Waals surface area contributed by atoms with Gasteiger partial charge in [0.2, 0.25) is 5.95 Å². The van der Waals surface area contributed by atoms with Gasteiger partial charge in [0, 0.05) is 12.6 Å². The van der Waals surface area contributed by atoms with E-state index >= 15 is 0 Å². The van der Waals surface area contributed by atoms with E-state index in [4.69, 9.17) is 17.3 Å². The maximum Gasteiger partial charge on any atom is 0.201 e. The third-order valence-corrected chi connectivity index (χ3v) is 3.52. The first-order valence-corrected chi connectivity index (χ1v) is 6.97. The molecular formula is C14H19ClFN3. The molecule has 2 N–H and O–H groups in total. The molecule has 0 aliphatic rings. The van der Waals surface area contributed by atoms with E-state index in [2.05, 4.69) is 18.8 Å². The zero-order valence-electron chi connectivity index (χ0n) is 11.3. The highest BCUT2D eigenvalue weighted by Gasteiger charge is 2.11. The second-order valence-corrected chi connectivity index (χ2v) is 5.67. The van der Waals surface area contributed by atoms with Gasteiger partial charge >= 0.3 is 0 Å². The number of nitrogen functional groups attached to an aromatic ring is 1. The second-order valence-electron chi connectivity index (χ2n) is 5.27. The fourth-order valence-electron chi connectivity index (χ4n) is 2.20. The summed E-state index contributed by atoms with van der Waals surface area (Å²) in [6.07, 6.45) is 3.37. The first-order valence-electron chi connectivity index (χ1n) is 6.59. The zero-order valence-corrected chi connectivity index (χ0v) is 12.0. The van der Waals surface area contributed by atoms with Crippen LogP contribution >= 0.6 is 11.6 Å². The first-order chi connectivity index (χ1) is 8.99. The van der Waals surface area contributed by atoms with Crippen LogP contribution in [-0.4, -0.2) is 9.55 Å². The molecule has 0 fully saturated rings. The number of aromatic nitrogens is 2. The van der Waals surface area contributed by atoms with Gasteiger partial charge in [-0.2, -0.15) is 0 Å². The number of halogens is 2. The van der Waals surface area contributed by atoms with Crippen LogP contribution in [0.1, 0.15) is 33.1 Å². The Morgan fingerprint density at radius 2 is 2.11 bits per heavy atom. The van der Waals surface area contributed by atoms with Crippen LogP contribution in [0.15, 0.2) is 12.1 Å². The third kappa shape index (κ3) is 3.18. The molecule has 3 nitrogen and oxygen atoms in total. The number of benzene rings is 1. The van der Waals surface area contributed by atoms with Crippen molar-refractivity contribution >= 4 is 28.6 Å². The SMILES string of the molecule is CC(C)CCCCn1c(N)nc2cc(F)c(Cl)cc21. The highest BCUT2D eigenvalue weighted by atomic mass is 35.5. The van der Waals surface area contributed by atoms with Crippen molar-refractivity contribution in [1.29, 1.82) is 0 Å². The Kier molecular flexibility index (Phi) is 4.30. The van der Waals surface area contributed by atoms with Crippen LogP contribution in [0.25, 0.3) is 11.0 Å². The standard InChI is InChI=1S/C14H19ClFN3/c1-9(2)5-3-4-6-19-13-7-10(15)11(16)8-12(13)18-14(19)17/h7-9H,3-6H2,1-2H3,(H2,17,18). The average Bonchev–Trinajstić information content (AvgIpc) is 2.61. The lowest BCUT2D eigenvalue weighted by Crippen LogP contribution is -2.04. The van der Waals surface area contributed by atoms with E-state index in [1.54, 1.807) is 6.07 Å².